The first-order valence-corrected chi connectivity index (χ1v) is 11.2. The minimum Gasteiger partial charge on any atom is -0.494 e. The van der Waals surface area contributed by atoms with Gasteiger partial charge in [-0.2, -0.15) is 0 Å². The second-order valence-electron chi connectivity index (χ2n) is 6.87. The molecule has 0 unspecified atom stereocenters. The van der Waals surface area contributed by atoms with Gasteiger partial charge in [0.25, 0.3) is 11.8 Å². The van der Waals surface area contributed by atoms with Crippen LogP contribution >= 0.6 is 11.8 Å². The Bertz CT molecular complexity index is 1090. The Hall–Kier alpha value is -3.45. The lowest BCUT2D eigenvalue weighted by atomic mass is 10.1. The van der Waals surface area contributed by atoms with Crippen LogP contribution in [0, 0.1) is 0 Å². The first-order valence-electron chi connectivity index (χ1n) is 10.2. The molecule has 0 fully saturated rings. The molecule has 0 heterocycles. The largest absolute Gasteiger partial charge is 0.494 e. The van der Waals surface area contributed by atoms with Crippen molar-refractivity contribution in [3.63, 3.8) is 0 Å². The summed E-state index contributed by atoms with van der Waals surface area (Å²) in [6.07, 6.45) is 1.02. The lowest BCUT2D eigenvalue weighted by Gasteiger charge is -2.17. The van der Waals surface area contributed by atoms with Gasteiger partial charge in [0, 0.05) is 22.6 Å². The quantitative estimate of drug-likeness (QED) is 0.408. The van der Waals surface area contributed by atoms with E-state index in [4.69, 9.17) is 9.47 Å². The predicted octanol–water partition coefficient (Wildman–Crippen LogP) is 5.71. The van der Waals surface area contributed by atoms with Crippen LogP contribution in [0.25, 0.3) is 0 Å². The van der Waals surface area contributed by atoms with Crippen molar-refractivity contribution in [2.24, 2.45) is 0 Å². The van der Waals surface area contributed by atoms with Gasteiger partial charge in [-0.15, -0.1) is 11.8 Å². The molecule has 0 saturated carbocycles. The van der Waals surface area contributed by atoms with Crippen molar-refractivity contribution in [1.29, 1.82) is 0 Å². The number of hydrogen-bond acceptors (Lipinski definition) is 5. The molecular weight excluding hydrogens is 424 g/mol. The van der Waals surface area contributed by atoms with E-state index in [1.54, 1.807) is 54.2 Å². The highest BCUT2D eigenvalue weighted by Gasteiger charge is 2.18. The zero-order valence-electron chi connectivity index (χ0n) is 18.3. The van der Waals surface area contributed by atoms with E-state index in [1.807, 2.05) is 24.3 Å². The topological polar surface area (TPSA) is 76.7 Å². The second-order valence-corrected chi connectivity index (χ2v) is 8.01. The lowest BCUT2D eigenvalue weighted by molar-refractivity contribution is 0.101. The van der Waals surface area contributed by atoms with Gasteiger partial charge in [-0.1, -0.05) is 37.3 Å². The van der Waals surface area contributed by atoms with Crippen LogP contribution in [0.4, 0.5) is 11.4 Å². The number of benzene rings is 3. The number of carbonyl (C=O) groups is 2. The molecule has 0 atom stereocenters. The van der Waals surface area contributed by atoms with Crippen LogP contribution < -0.4 is 20.1 Å². The second kappa shape index (κ2) is 11.2. The van der Waals surface area contributed by atoms with Gasteiger partial charge >= 0.3 is 0 Å². The highest BCUT2D eigenvalue weighted by molar-refractivity contribution is 7.99. The smallest absolute Gasteiger partial charge is 0.256 e. The number of rotatable bonds is 9. The van der Waals surface area contributed by atoms with Gasteiger partial charge in [0.05, 0.1) is 31.2 Å². The Balaban J connectivity index is 1.86. The van der Waals surface area contributed by atoms with Crippen molar-refractivity contribution in [2.45, 2.75) is 18.2 Å². The third-order valence-electron chi connectivity index (χ3n) is 4.65. The first-order chi connectivity index (χ1) is 15.6. The van der Waals surface area contributed by atoms with Gasteiger partial charge in [0.15, 0.2) is 0 Å². The van der Waals surface area contributed by atoms with Crippen molar-refractivity contribution in [3.8, 4) is 11.5 Å². The van der Waals surface area contributed by atoms with Crippen molar-refractivity contribution in [2.75, 3.05) is 30.6 Å². The molecule has 3 aromatic carbocycles. The molecule has 6 nitrogen and oxygen atoms in total. The fourth-order valence-corrected chi connectivity index (χ4v) is 3.97. The van der Waals surface area contributed by atoms with Crippen LogP contribution in [0.1, 0.15) is 34.1 Å². The summed E-state index contributed by atoms with van der Waals surface area (Å²) in [6, 6.07) is 19.6. The summed E-state index contributed by atoms with van der Waals surface area (Å²) in [5.74, 6) is 1.22. The average molecular weight is 451 g/mol. The normalized spacial score (nSPS) is 10.3. The Morgan fingerprint density at radius 2 is 1.38 bits per heavy atom. The van der Waals surface area contributed by atoms with E-state index in [-0.39, 0.29) is 11.8 Å². The number of nitrogens with one attached hydrogen (secondary N) is 2. The van der Waals surface area contributed by atoms with E-state index in [0.29, 0.717) is 34.0 Å². The molecule has 0 aliphatic heterocycles. The Morgan fingerprint density at radius 1 is 0.812 bits per heavy atom. The monoisotopic (exact) mass is 450 g/mol. The number of carbonyl (C=O) groups excluding carboxylic acids is 2. The highest BCUT2D eigenvalue weighted by atomic mass is 32.2. The molecule has 0 aliphatic carbocycles. The summed E-state index contributed by atoms with van der Waals surface area (Å²) < 4.78 is 10.9. The number of hydrogen-bond donors (Lipinski definition) is 2. The number of amides is 2. The molecule has 2 amide bonds. The van der Waals surface area contributed by atoms with Crippen molar-refractivity contribution < 1.29 is 19.1 Å². The zero-order valence-corrected chi connectivity index (χ0v) is 19.1. The number of methoxy groups -OCH3 is 2. The fourth-order valence-electron chi connectivity index (χ4n) is 3.06. The Morgan fingerprint density at radius 3 is 1.97 bits per heavy atom. The third-order valence-corrected chi connectivity index (χ3v) is 5.93. The van der Waals surface area contributed by atoms with Crippen LogP contribution in [-0.4, -0.2) is 31.8 Å². The summed E-state index contributed by atoms with van der Waals surface area (Å²) in [7, 11) is 3.01. The molecule has 0 spiro atoms. The number of thioether (sulfide) groups is 1. The van der Waals surface area contributed by atoms with Crippen molar-refractivity contribution >= 4 is 35.0 Å². The SMILES string of the molecule is CCCSc1ccccc1C(=O)Nc1cc(OC)c(NC(=O)c2ccccc2)cc1OC. The van der Waals surface area contributed by atoms with Crippen LogP contribution in [-0.2, 0) is 0 Å². The summed E-state index contributed by atoms with van der Waals surface area (Å²) >= 11 is 1.65. The molecule has 7 heteroatoms. The average Bonchev–Trinajstić information content (AvgIpc) is 2.83. The van der Waals surface area contributed by atoms with Crippen LogP contribution in [0.15, 0.2) is 71.6 Å². The van der Waals surface area contributed by atoms with E-state index in [0.717, 1.165) is 17.1 Å². The van der Waals surface area contributed by atoms with E-state index in [2.05, 4.69) is 17.6 Å². The minimum absolute atomic E-state index is 0.245. The van der Waals surface area contributed by atoms with Gasteiger partial charge in [-0.25, -0.2) is 0 Å². The van der Waals surface area contributed by atoms with Crippen LogP contribution in [0.3, 0.4) is 0 Å². The van der Waals surface area contributed by atoms with Gasteiger partial charge in [0.1, 0.15) is 11.5 Å². The molecule has 0 aromatic heterocycles. The van der Waals surface area contributed by atoms with Crippen LogP contribution in [0.5, 0.6) is 11.5 Å². The van der Waals surface area contributed by atoms with Gasteiger partial charge < -0.3 is 20.1 Å². The maximum Gasteiger partial charge on any atom is 0.256 e. The molecule has 0 saturated heterocycles. The summed E-state index contributed by atoms with van der Waals surface area (Å²) in [6.45, 7) is 2.10. The van der Waals surface area contributed by atoms with E-state index in [1.165, 1.54) is 14.2 Å². The summed E-state index contributed by atoms with van der Waals surface area (Å²) in [5, 5.41) is 5.75. The maximum atomic E-state index is 13.0. The highest BCUT2D eigenvalue weighted by Crippen LogP contribution is 2.37. The molecule has 0 aliphatic rings. The third kappa shape index (κ3) is 5.62. The van der Waals surface area contributed by atoms with Gasteiger partial charge in [-0.3, -0.25) is 9.59 Å². The molecule has 0 bridgehead atoms. The minimum atomic E-state index is -0.274. The Kier molecular flexibility index (Phi) is 8.16. The molecule has 32 heavy (non-hydrogen) atoms. The van der Waals surface area contributed by atoms with Crippen LogP contribution in [0.2, 0.25) is 0 Å². The molecule has 3 aromatic rings. The van der Waals surface area contributed by atoms with Crippen molar-refractivity contribution in [3.05, 3.63) is 77.9 Å². The molecule has 3 rings (SSSR count). The van der Waals surface area contributed by atoms with E-state index in [9.17, 15) is 9.59 Å². The fraction of sp³-hybridized carbons (Fsp3) is 0.200. The molecule has 2 N–H and O–H groups in total. The summed E-state index contributed by atoms with van der Waals surface area (Å²) in [4.78, 5) is 26.5. The molecule has 0 radical (unpaired) electrons. The van der Waals surface area contributed by atoms with E-state index < -0.39 is 0 Å². The van der Waals surface area contributed by atoms with Gasteiger partial charge in [-0.05, 0) is 36.4 Å². The zero-order chi connectivity index (χ0) is 22.9. The lowest BCUT2D eigenvalue weighted by Crippen LogP contribution is -2.15. The standard InChI is InChI=1S/C25H26N2O4S/c1-4-14-32-23-13-9-8-12-18(23)25(29)27-20-16-21(30-2)19(15-22(20)31-3)26-24(28)17-10-6-5-7-11-17/h5-13,15-16H,4,14H2,1-3H3,(H,26,28)(H,27,29). The predicted molar refractivity (Wildman–Crippen MR) is 129 cm³/mol. The maximum absolute atomic E-state index is 13.0. The Labute approximate surface area is 192 Å². The first kappa shape index (κ1) is 23.2. The molecular formula is C25H26N2O4S. The molecule has 166 valence electrons. The van der Waals surface area contributed by atoms with E-state index >= 15 is 0 Å². The summed E-state index contributed by atoms with van der Waals surface area (Å²) in [5.41, 5.74) is 2.00. The van der Waals surface area contributed by atoms with Gasteiger partial charge in [0.2, 0.25) is 0 Å². The number of ether oxygens (including phenoxy) is 2. The number of anilines is 2. The van der Waals surface area contributed by atoms with Crippen molar-refractivity contribution in [1.82, 2.24) is 0 Å².